The summed E-state index contributed by atoms with van der Waals surface area (Å²) in [6.45, 7) is 2.43. The molecule has 1 heterocycles. The van der Waals surface area contributed by atoms with Crippen LogP contribution in [-0.2, 0) is 13.1 Å². The molecule has 0 bridgehead atoms. The van der Waals surface area contributed by atoms with E-state index in [1.165, 1.54) is 0 Å². The van der Waals surface area contributed by atoms with Crippen LogP contribution in [0, 0.1) is 6.92 Å². The van der Waals surface area contributed by atoms with Crippen molar-refractivity contribution in [1.29, 1.82) is 0 Å². The van der Waals surface area contributed by atoms with Crippen LogP contribution in [0.5, 0.6) is 5.75 Å². The molecule has 7 heteroatoms. The monoisotopic (exact) mass is 356 g/mol. The molecule has 2 aromatic carbocycles. The highest BCUT2D eigenvalue weighted by Gasteiger charge is 2.17. The van der Waals surface area contributed by atoms with Crippen LogP contribution in [0.3, 0.4) is 0 Å². The highest BCUT2D eigenvalue weighted by molar-refractivity contribution is 6.31. The molecule has 3 rings (SSSR count). The first-order valence-electron chi connectivity index (χ1n) is 7.75. The Hall–Kier alpha value is -2.86. The van der Waals surface area contributed by atoms with Crippen molar-refractivity contribution in [2.75, 3.05) is 0 Å². The molecule has 128 valence electrons. The van der Waals surface area contributed by atoms with Crippen molar-refractivity contribution in [1.82, 2.24) is 20.3 Å². The second kappa shape index (κ2) is 7.36. The summed E-state index contributed by atoms with van der Waals surface area (Å²) in [5.41, 5.74) is 2.44. The van der Waals surface area contributed by atoms with Gasteiger partial charge in [0.05, 0.1) is 12.2 Å². The largest absolute Gasteiger partial charge is 0.508 e. The maximum atomic E-state index is 12.3. The first-order chi connectivity index (χ1) is 12.1. The zero-order chi connectivity index (χ0) is 17.8. The zero-order valence-corrected chi connectivity index (χ0v) is 14.4. The van der Waals surface area contributed by atoms with Crippen LogP contribution in [0.1, 0.15) is 27.3 Å². The number of phenols is 1. The molecule has 0 saturated carbocycles. The molecule has 3 aromatic rings. The summed E-state index contributed by atoms with van der Waals surface area (Å²) >= 11 is 6.16. The summed E-state index contributed by atoms with van der Waals surface area (Å²) in [5.74, 6) is -0.201. The zero-order valence-electron chi connectivity index (χ0n) is 13.6. The molecule has 2 N–H and O–H groups in total. The van der Waals surface area contributed by atoms with E-state index in [1.54, 1.807) is 35.9 Å². The van der Waals surface area contributed by atoms with Gasteiger partial charge in [-0.3, -0.25) is 4.79 Å². The number of phenolic OH excluding ortho intramolecular Hbond substituents is 1. The Morgan fingerprint density at radius 3 is 2.56 bits per heavy atom. The molecule has 0 unspecified atom stereocenters. The molecular formula is C18H17ClN4O2. The standard InChI is InChI=1S/C18H17ClN4O2/c1-12-17(18(25)20-10-13-6-3-5-9-16(13)24)21-22-23(12)11-14-7-2-4-8-15(14)19/h2-9,24H,10-11H2,1H3,(H,20,25). The van der Waals surface area contributed by atoms with Crippen molar-refractivity contribution < 1.29 is 9.90 Å². The van der Waals surface area contributed by atoms with Crippen molar-refractivity contribution in [3.05, 3.63) is 76.1 Å². The number of carbonyl (C=O) groups excluding carboxylic acids is 1. The highest BCUT2D eigenvalue weighted by Crippen LogP contribution is 2.18. The Morgan fingerprint density at radius 2 is 1.84 bits per heavy atom. The number of nitrogens with zero attached hydrogens (tertiary/aromatic N) is 3. The van der Waals surface area contributed by atoms with Gasteiger partial charge in [-0.1, -0.05) is 53.2 Å². The molecule has 0 spiro atoms. The molecule has 0 saturated heterocycles. The molecule has 0 aliphatic rings. The molecule has 0 aliphatic carbocycles. The van der Waals surface area contributed by atoms with E-state index in [1.807, 2.05) is 24.3 Å². The number of carbonyl (C=O) groups is 1. The van der Waals surface area contributed by atoms with Gasteiger partial charge >= 0.3 is 0 Å². The third-order valence-corrected chi connectivity index (χ3v) is 4.28. The van der Waals surface area contributed by atoms with Crippen LogP contribution < -0.4 is 5.32 Å². The average Bonchev–Trinajstić information content (AvgIpc) is 2.97. The normalized spacial score (nSPS) is 10.6. The second-order valence-corrected chi connectivity index (χ2v) is 5.99. The van der Waals surface area contributed by atoms with Crippen LogP contribution in [0.2, 0.25) is 5.02 Å². The minimum Gasteiger partial charge on any atom is -0.508 e. The third kappa shape index (κ3) is 3.80. The highest BCUT2D eigenvalue weighted by atomic mass is 35.5. The molecule has 0 aliphatic heterocycles. The van der Waals surface area contributed by atoms with Crippen LogP contribution in [0.25, 0.3) is 0 Å². The topological polar surface area (TPSA) is 80.0 Å². The van der Waals surface area contributed by atoms with Gasteiger partial charge in [-0.15, -0.1) is 5.10 Å². The summed E-state index contributed by atoms with van der Waals surface area (Å²) in [6, 6.07) is 14.3. The van der Waals surface area contributed by atoms with Crippen LogP contribution in [0.15, 0.2) is 48.5 Å². The van der Waals surface area contributed by atoms with Crippen molar-refractivity contribution in [2.45, 2.75) is 20.0 Å². The molecule has 25 heavy (non-hydrogen) atoms. The average molecular weight is 357 g/mol. The van der Waals surface area contributed by atoms with Gasteiger partial charge in [0.2, 0.25) is 0 Å². The predicted molar refractivity (Wildman–Crippen MR) is 94.6 cm³/mol. The lowest BCUT2D eigenvalue weighted by Gasteiger charge is -2.07. The smallest absolute Gasteiger partial charge is 0.274 e. The SMILES string of the molecule is Cc1c(C(=O)NCc2ccccc2O)nnn1Cc1ccccc1Cl. The lowest BCUT2D eigenvalue weighted by atomic mass is 10.2. The molecular weight excluding hydrogens is 340 g/mol. The van der Waals surface area contributed by atoms with Gasteiger partial charge in [0.25, 0.3) is 5.91 Å². The first kappa shape index (κ1) is 17.0. The number of halogens is 1. The van der Waals surface area contributed by atoms with Gasteiger partial charge in [-0.05, 0) is 24.6 Å². The molecule has 0 fully saturated rings. The van der Waals surface area contributed by atoms with E-state index in [9.17, 15) is 9.90 Å². The number of hydrogen-bond acceptors (Lipinski definition) is 4. The van der Waals surface area contributed by atoms with Crippen LogP contribution >= 0.6 is 11.6 Å². The number of aromatic hydroxyl groups is 1. The Balaban J connectivity index is 1.71. The van der Waals surface area contributed by atoms with Gasteiger partial charge in [-0.25, -0.2) is 4.68 Å². The fraction of sp³-hybridized carbons (Fsp3) is 0.167. The van der Waals surface area contributed by atoms with E-state index in [0.717, 1.165) is 5.56 Å². The molecule has 1 amide bonds. The van der Waals surface area contributed by atoms with E-state index >= 15 is 0 Å². The van der Waals surface area contributed by atoms with E-state index in [2.05, 4.69) is 15.6 Å². The van der Waals surface area contributed by atoms with Crippen molar-refractivity contribution in [2.24, 2.45) is 0 Å². The molecule has 0 radical (unpaired) electrons. The quantitative estimate of drug-likeness (QED) is 0.736. The predicted octanol–water partition coefficient (Wildman–Crippen LogP) is 2.92. The fourth-order valence-electron chi connectivity index (χ4n) is 2.43. The van der Waals surface area contributed by atoms with Crippen molar-refractivity contribution in [3.63, 3.8) is 0 Å². The number of hydrogen-bond donors (Lipinski definition) is 2. The molecule has 0 atom stereocenters. The summed E-state index contributed by atoms with van der Waals surface area (Å²) in [5, 5.41) is 21.1. The number of nitrogens with one attached hydrogen (secondary N) is 1. The first-order valence-corrected chi connectivity index (χ1v) is 8.12. The maximum absolute atomic E-state index is 12.3. The van der Waals surface area contributed by atoms with E-state index < -0.39 is 0 Å². The number of amides is 1. The number of para-hydroxylation sites is 1. The van der Waals surface area contributed by atoms with Gasteiger partial charge in [0.15, 0.2) is 5.69 Å². The summed E-state index contributed by atoms with van der Waals surface area (Å²) in [4.78, 5) is 12.3. The summed E-state index contributed by atoms with van der Waals surface area (Å²) < 4.78 is 1.64. The second-order valence-electron chi connectivity index (χ2n) is 5.58. The van der Waals surface area contributed by atoms with Crippen molar-refractivity contribution >= 4 is 17.5 Å². The minimum absolute atomic E-state index is 0.141. The number of aromatic nitrogens is 3. The fourth-order valence-corrected chi connectivity index (χ4v) is 2.62. The van der Waals surface area contributed by atoms with Crippen LogP contribution in [0.4, 0.5) is 0 Å². The summed E-state index contributed by atoms with van der Waals surface area (Å²) in [7, 11) is 0. The summed E-state index contributed by atoms with van der Waals surface area (Å²) in [6.07, 6.45) is 0. The van der Waals surface area contributed by atoms with E-state index in [0.29, 0.717) is 22.8 Å². The van der Waals surface area contributed by atoms with Crippen molar-refractivity contribution in [3.8, 4) is 5.75 Å². The Labute approximate surface area is 150 Å². The maximum Gasteiger partial charge on any atom is 0.274 e. The van der Waals surface area contributed by atoms with E-state index in [-0.39, 0.29) is 23.9 Å². The lowest BCUT2D eigenvalue weighted by Crippen LogP contribution is -2.24. The van der Waals surface area contributed by atoms with Crippen LogP contribution in [-0.4, -0.2) is 26.0 Å². The van der Waals surface area contributed by atoms with Gasteiger partial charge in [0.1, 0.15) is 5.75 Å². The van der Waals surface area contributed by atoms with E-state index in [4.69, 9.17) is 11.6 Å². The van der Waals surface area contributed by atoms with Gasteiger partial charge < -0.3 is 10.4 Å². The molecule has 1 aromatic heterocycles. The number of rotatable bonds is 5. The van der Waals surface area contributed by atoms with Gasteiger partial charge in [-0.2, -0.15) is 0 Å². The number of benzene rings is 2. The third-order valence-electron chi connectivity index (χ3n) is 3.91. The Bertz CT molecular complexity index is 908. The molecule has 6 nitrogen and oxygen atoms in total. The lowest BCUT2D eigenvalue weighted by molar-refractivity contribution is 0.0945. The Kier molecular flexibility index (Phi) is 5.00. The minimum atomic E-state index is -0.342. The van der Waals surface area contributed by atoms with Gasteiger partial charge in [0, 0.05) is 17.1 Å². The Morgan fingerprint density at radius 1 is 1.16 bits per heavy atom.